The number of hydrogen-bond donors (Lipinski definition) is 3. The van der Waals surface area contributed by atoms with Crippen molar-refractivity contribution < 1.29 is 10.0 Å². The van der Waals surface area contributed by atoms with Crippen molar-refractivity contribution in [3.05, 3.63) is 0 Å². The molecule has 1 amide bonds. The van der Waals surface area contributed by atoms with Crippen LogP contribution in [0.25, 0.3) is 0 Å². The molecule has 0 saturated heterocycles. The molecule has 1 unspecified atom stereocenters. The third kappa shape index (κ3) is 3.64. The van der Waals surface area contributed by atoms with Crippen LogP contribution in [0.3, 0.4) is 0 Å². The Hall–Kier alpha value is -1.26. The van der Waals surface area contributed by atoms with E-state index in [-0.39, 0.29) is 17.3 Å². The monoisotopic (exact) mass is 201 g/mol. The van der Waals surface area contributed by atoms with Crippen LogP contribution in [0.5, 0.6) is 0 Å². The molecule has 0 aromatic carbocycles. The van der Waals surface area contributed by atoms with Gasteiger partial charge in [0.2, 0.25) is 5.91 Å². The molecule has 0 heterocycles. The van der Waals surface area contributed by atoms with Crippen molar-refractivity contribution >= 4 is 11.7 Å². The minimum absolute atomic E-state index is 0.0746. The van der Waals surface area contributed by atoms with Crippen molar-refractivity contribution in [1.82, 2.24) is 5.32 Å². The molecule has 14 heavy (non-hydrogen) atoms. The fraction of sp³-hybridized carbons (Fsp3) is 0.778. The Morgan fingerprint density at radius 3 is 2.50 bits per heavy atom. The summed E-state index contributed by atoms with van der Waals surface area (Å²) in [4.78, 5) is 11.5. The van der Waals surface area contributed by atoms with Gasteiger partial charge in [0.1, 0.15) is 0 Å². The van der Waals surface area contributed by atoms with Crippen LogP contribution >= 0.6 is 0 Å². The summed E-state index contributed by atoms with van der Waals surface area (Å²) in [7, 11) is 0. The highest BCUT2D eigenvalue weighted by molar-refractivity contribution is 6.01. The smallest absolute Gasteiger partial charge is 0.230 e. The minimum Gasteiger partial charge on any atom is -0.409 e. The molecule has 0 aromatic rings. The Kier molecular flexibility index (Phi) is 4.40. The van der Waals surface area contributed by atoms with E-state index in [1.165, 1.54) is 0 Å². The second kappa shape index (κ2) is 4.83. The summed E-state index contributed by atoms with van der Waals surface area (Å²) < 4.78 is 0. The van der Waals surface area contributed by atoms with E-state index in [9.17, 15) is 4.79 Å². The van der Waals surface area contributed by atoms with Gasteiger partial charge in [-0.2, -0.15) is 0 Å². The second-order valence-corrected chi connectivity index (χ2v) is 3.97. The van der Waals surface area contributed by atoms with E-state index in [2.05, 4.69) is 10.5 Å². The molecule has 0 aliphatic carbocycles. The van der Waals surface area contributed by atoms with Crippen molar-refractivity contribution in [3.8, 4) is 0 Å². The Labute approximate surface area is 84.4 Å². The first-order valence-corrected chi connectivity index (χ1v) is 4.63. The number of nitrogens with two attached hydrogens (primary N) is 1. The summed E-state index contributed by atoms with van der Waals surface area (Å²) >= 11 is 0. The fourth-order valence-corrected chi connectivity index (χ4v) is 0.751. The predicted octanol–water partition coefficient (Wildman–Crippen LogP) is 0.674. The van der Waals surface area contributed by atoms with Crippen LogP contribution < -0.4 is 11.1 Å². The lowest BCUT2D eigenvalue weighted by Gasteiger charge is -2.26. The van der Waals surface area contributed by atoms with E-state index in [0.717, 1.165) is 6.42 Å². The number of carbonyl (C=O) groups excluding carboxylic acids is 1. The van der Waals surface area contributed by atoms with E-state index in [1.54, 1.807) is 6.92 Å². The lowest BCUT2D eigenvalue weighted by Crippen LogP contribution is -2.47. The minimum atomic E-state index is -0.606. The van der Waals surface area contributed by atoms with E-state index in [4.69, 9.17) is 10.9 Å². The van der Waals surface area contributed by atoms with E-state index >= 15 is 0 Å². The van der Waals surface area contributed by atoms with Crippen molar-refractivity contribution in [1.29, 1.82) is 0 Å². The van der Waals surface area contributed by atoms with Gasteiger partial charge in [0.25, 0.3) is 0 Å². The van der Waals surface area contributed by atoms with Gasteiger partial charge >= 0.3 is 0 Å². The molecule has 82 valence electrons. The second-order valence-electron chi connectivity index (χ2n) is 3.97. The Balaban J connectivity index is 4.36. The first kappa shape index (κ1) is 12.7. The summed E-state index contributed by atoms with van der Waals surface area (Å²) in [5.74, 6) is -0.910. The van der Waals surface area contributed by atoms with Crippen molar-refractivity contribution in [3.63, 3.8) is 0 Å². The molecule has 0 fully saturated rings. The molecule has 0 radical (unpaired) electrons. The highest BCUT2D eigenvalue weighted by Gasteiger charge is 2.23. The van der Waals surface area contributed by atoms with Gasteiger partial charge in [-0.05, 0) is 27.2 Å². The number of nitrogens with one attached hydrogen (secondary N) is 1. The molecule has 0 aliphatic heterocycles. The number of amidine groups is 1. The molecule has 0 rings (SSSR count). The molecular formula is C9H19N3O2. The van der Waals surface area contributed by atoms with Crippen molar-refractivity contribution in [2.45, 2.75) is 39.7 Å². The first-order valence-electron chi connectivity index (χ1n) is 4.63. The van der Waals surface area contributed by atoms with E-state index in [1.807, 2.05) is 20.8 Å². The number of amides is 1. The number of hydrogen-bond acceptors (Lipinski definition) is 3. The van der Waals surface area contributed by atoms with Gasteiger partial charge in [-0.3, -0.25) is 4.79 Å². The Morgan fingerprint density at radius 2 is 2.14 bits per heavy atom. The van der Waals surface area contributed by atoms with Crippen molar-refractivity contribution in [2.24, 2.45) is 16.8 Å². The molecule has 0 spiro atoms. The largest absolute Gasteiger partial charge is 0.409 e. The number of oxime groups is 1. The maximum atomic E-state index is 11.5. The van der Waals surface area contributed by atoms with Gasteiger partial charge < -0.3 is 16.3 Å². The fourth-order valence-electron chi connectivity index (χ4n) is 0.751. The molecule has 0 aliphatic rings. The first-order chi connectivity index (χ1) is 6.34. The molecule has 0 saturated carbocycles. The van der Waals surface area contributed by atoms with Crippen LogP contribution in [0.1, 0.15) is 34.1 Å². The Bertz CT molecular complexity index is 236. The molecule has 1 atom stereocenters. The van der Waals surface area contributed by atoms with E-state index in [0.29, 0.717) is 0 Å². The molecular weight excluding hydrogens is 182 g/mol. The summed E-state index contributed by atoms with van der Waals surface area (Å²) in [5, 5.41) is 14.0. The van der Waals surface area contributed by atoms with Crippen LogP contribution in [0.4, 0.5) is 0 Å². The zero-order valence-electron chi connectivity index (χ0n) is 9.16. The number of carbonyl (C=O) groups is 1. The lowest BCUT2D eigenvalue weighted by atomic mass is 10.00. The highest BCUT2D eigenvalue weighted by Crippen LogP contribution is 2.08. The van der Waals surface area contributed by atoms with Crippen LogP contribution in [0.2, 0.25) is 0 Å². The maximum Gasteiger partial charge on any atom is 0.230 e. The molecule has 4 N–H and O–H groups in total. The summed E-state index contributed by atoms with van der Waals surface area (Å²) in [6.45, 7) is 7.42. The number of nitrogens with zero attached hydrogens (tertiary/aromatic N) is 1. The molecule has 0 aromatic heterocycles. The molecule has 0 bridgehead atoms. The third-order valence-electron chi connectivity index (χ3n) is 2.30. The SMILES string of the molecule is CCC(C)(C)NC(=O)C(C)C(N)=NO. The highest BCUT2D eigenvalue weighted by atomic mass is 16.4. The van der Waals surface area contributed by atoms with Crippen LogP contribution in [0, 0.1) is 5.92 Å². The molecule has 5 heteroatoms. The quantitative estimate of drug-likeness (QED) is 0.270. The Morgan fingerprint density at radius 1 is 1.64 bits per heavy atom. The zero-order chi connectivity index (χ0) is 11.4. The standard InChI is InChI=1S/C9H19N3O2/c1-5-9(3,4)11-8(13)6(2)7(10)12-14/h6,14H,5H2,1-4H3,(H2,10,12)(H,11,13). The average Bonchev–Trinajstić information content (AvgIpc) is 2.14. The van der Waals surface area contributed by atoms with Crippen LogP contribution in [-0.4, -0.2) is 22.5 Å². The predicted molar refractivity (Wildman–Crippen MR) is 55.1 cm³/mol. The van der Waals surface area contributed by atoms with Crippen LogP contribution in [-0.2, 0) is 4.79 Å². The molecule has 5 nitrogen and oxygen atoms in total. The van der Waals surface area contributed by atoms with Gasteiger partial charge in [0.15, 0.2) is 5.84 Å². The summed E-state index contributed by atoms with van der Waals surface area (Å²) in [6.07, 6.45) is 0.821. The zero-order valence-corrected chi connectivity index (χ0v) is 9.16. The van der Waals surface area contributed by atoms with Gasteiger partial charge in [0, 0.05) is 5.54 Å². The van der Waals surface area contributed by atoms with Crippen molar-refractivity contribution in [2.75, 3.05) is 0 Å². The van der Waals surface area contributed by atoms with Gasteiger partial charge in [-0.15, -0.1) is 0 Å². The maximum absolute atomic E-state index is 11.5. The van der Waals surface area contributed by atoms with E-state index < -0.39 is 5.92 Å². The average molecular weight is 201 g/mol. The lowest BCUT2D eigenvalue weighted by molar-refractivity contribution is -0.124. The van der Waals surface area contributed by atoms with Crippen LogP contribution in [0.15, 0.2) is 5.16 Å². The van der Waals surface area contributed by atoms with Gasteiger partial charge in [0.05, 0.1) is 5.92 Å². The third-order valence-corrected chi connectivity index (χ3v) is 2.30. The number of rotatable bonds is 4. The normalized spacial score (nSPS) is 15.0. The van der Waals surface area contributed by atoms with Gasteiger partial charge in [-0.25, -0.2) is 0 Å². The topological polar surface area (TPSA) is 87.7 Å². The summed E-state index contributed by atoms with van der Waals surface area (Å²) in [5.41, 5.74) is 5.05. The summed E-state index contributed by atoms with van der Waals surface area (Å²) in [6, 6.07) is 0. The van der Waals surface area contributed by atoms with Gasteiger partial charge in [-0.1, -0.05) is 12.1 Å².